The first kappa shape index (κ1) is 12.0. The predicted octanol–water partition coefficient (Wildman–Crippen LogP) is -0.715. The van der Waals surface area contributed by atoms with Crippen molar-refractivity contribution < 1.29 is 9.59 Å². The van der Waals surface area contributed by atoms with E-state index in [9.17, 15) is 9.59 Å². The summed E-state index contributed by atoms with van der Waals surface area (Å²) in [5.74, 6) is 0.0418. The van der Waals surface area contributed by atoms with E-state index < -0.39 is 0 Å². The van der Waals surface area contributed by atoms with E-state index in [4.69, 9.17) is 0 Å². The molecule has 0 aromatic rings. The van der Waals surface area contributed by atoms with Crippen LogP contribution in [0.25, 0.3) is 0 Å². The van der Waals surface area contributed by atoms with Gasteiger partial charge in [0.05, 0.1) is 13.1 Å². The zero-order valence-electron chi connectivity index (χ0n) is 9.62. The van der Waals surface area contributed by atoms with Gasteiger partial charge in [-0.2, -0.15) is 0 Å². The molecular formula is C10H19N3O2. The van der Waals surface area contributed by atoms with E-state index in [0.29, 0.717) is 6.54 Å². The number of rotatable bonds is 4. The molecule has 86 valence electrons. The van der Waals surface area contributed by atoms with Crippen LogP contribution in [0.3, 0.4) is 0 Å². The molecule has 1 aliphatic heterocycles. The Bertz CT molecular complexity index is 255. The normalized spacial score (nSPS) is 19.7. The maximum absolute atomic E-state index is 11.6. The Morgan fingerprint density at radius 3 is 2.60 bits per heavy atom. The van der Waals surface area contributed by atoms with Gasteiger partial charge in [0.25, 0.3) is 0 Å². The van der Waals surface area contributed by atoms with E-state index in [1.165, 1.54) is 4.90 Å². The molecule has 0 aromatic carbocycles. The lowest BCUT2D eigenvalue weighted by molar-refractivity contribution is -0.149. The van der Waals surface area contributed by atoms with Crippen molar-refractivity contribution in [3.63, 3.8) is 0 Å². The Morgan fingerprint density at radius 1 is 1.33 bits per heavy atom. The topological polar surface area (TPSA) is 52.7 Å². The largest absolute Gasteiger partial charge is 0.335 e. The van der Waals surface area contributed by atoms with Crippen LogP contribution < -0.4 is 5.32 Å². The summed E-state index contributed by atoms with van der Waals surface area (Å²) in [6.07, 6.45) is 0. The van der Waals surface area contributed by atoms with Gasteiger partial charge in [-0.15, -0.1) is 0 Å². The number of hydrogen-bond acceptors (Lipinski definition) is 3. The third-order valence-corrected chi connectivity index (χ3v) is 2.52. The van der Waals surface area contributed by atoms with Crippen LogP contribution in [0.5, 0.6) is 0 Å². The summed E-state index contributed by atoms with van der Waals surface area (Å²) < 4.78 is 0. The SMILES string of the molecule is CCNC(C)CN1CC(=O)N(C)CC1=O. The number of nitrogens with one attached hydrogen (secondary N) is 1. The Balaban J connectivity index is 2.48. The molecule has 1 rings (SSSR count). The number of hydrogen-bond donors (Lipinski definition) is 1. The molecule has 2 amide bonds. The quantitative estimate of drug-likeness (QED) is 0.671. The number of carbonyl (C=O) groups is 2. The van der Waals surface area contributed by atoms with Crippen LogP contribution in [0.1, 0.15) is 13.8 Å². The Morgan fingerprint density at radius 2 is 2.00 bits per heavy atom. The van der Waals surface area contributed by atoms with Crippen LogP contribution in [0.2, 0.25) is 0 Å². The molecule has 0 bridgehead atoms. The average Bonchev–Trinajstić information content (AvgIpc) is 2.14. The number of likely N-dealkylation sites (N-methyl/N-ethyl adjacent to an activating group) is 2. The molecule has 15 heavy (non-hydrogen) atoms. The monoisotopic (exact) mass is 213 g/mol. The summed E-state index contributed by atoms with van der Waals surface area (Å²) in [5.41, 5.74) is 0. The van der Waals surface area contributed by atoms with Gasteiger partial charge < -0.3 is 15.1 Å². The molecule has 0 radical (unpaired) electrons. The lowest BCUT2D eigenvalue weighted by atomic mass is 10.2. The van der Waals surface area contributed by atoms with Gasteiger partial charge in [-0.3, -0.25) is 9.59 Å². The fourth-order valence-corrected chi connectivity index (χ4v) is 1.67. The second-order valence-corrected chi connectivity index (χ2v) is 3.98. The molecule has 1 unspecified atom stereocenters. The van der Waals surface area contributed by atoms with Crippen LogP contribution in [0, 0.1) is 0 Å². The predicted molar refractivity (Wildman–Crippen MR) is 57.4 cm³/mol. The second-order valence-electron chi connectivity index (χ2n) is 3.98. The van der Waals surface area contributed by atoms with Gasteiger partial charge in [-0.05, 0) is 13.5 Å². The average molecular weight is 213 g/mol. The molecule has 1 saturated heterocycles. The summed E-state index contributed by atoms with van der Waals surface area (Å²) >= 11 is 0. The van der Waals surface area contributed by atoms with Crippen molar-refractivity contribution in [3.05, 3.63) is 0 Å². The van der Waals surface area contributed by atoms with E-state index in [1.54, 1.807) is 11.9 Å². The molecule has 5 nitrogen and oxygen atoms in total. The fourth-order valence-electron chi connectivity index (χ4n) is 1.67. The second kappa shape index (κ2) is 5.11. The highest BCUT2D eigenvalue weighted by Gasteiger charge is 2.27. The molecule has 0 aliphatic carbocycles. The maximum Gasteiger partial charge on any atom is 0.242 e. The van der Waals surface area contributed by atoms with Crippen molar-refractivity contribution >= 4 is 11.8 Å². The van der Waals surface area contributed by atoms with Crippen molar-refractivity contribution in [1.29, 1.82) is 0 Å². The minimum atomic E-state index is 0.0123. The standard InChI is InChI=1S/C10H19N3O2/c1-4-11-8(2)5-13-7-9(14)12(3)6-10(13)15/h8,11H,4-7H2,1-3H3. The van der Waals surface area contributed by atoms with E-state index in [2.05, 4.69) is 5.32 Å². The summed E-state index contributed by atoms with van der Waals surface area (Å²) in [6, 6.07) is 0.232. The fraction of sp³-hybridized carbons (Fsp3) is 0.800. The van der Waals surface area contributed by atoms with Crippen molar-refractivity contribution in [2.24, 2.45) is 0 Å². The summed E-state index contributed by atoms with van der Waals surface area (Å²) in [4.78, 5) is 26.1. The first-order valence-corrected chi connectivity index (χ1v) is 5.29. The highest BCUT2D eigenvalue weighted by atomic mass is 16.2. The third kappa shape index (κ3) is 3.20. The van der Waals surface area contributed by atoms with Gasteiger partial charge in [-0.1, -0.05) is 6.92 Å². The van der Waals surface area contributed by atoms with Gasteiger partial charge in [0, 0.05) is 19.6 Å². The van der Waals surface area contributed by atoms with Gasteiger partial charge in [0.15, 0.2) is 0 Å². The first-order valence-electron chi connectivity index (χ1n) is 5.29. The Kier molecular flexibility index (Phi) is 4.08. The summed E-state index contributed by atoms with van der Waals surface area (Å²) in [6.45, 7) is 5.93. The van der Waals surface area contributed by atoms with E-state index in [0.717, 1.165) is 6.54 Å². The molecule has 0 aromatic heterocycles. The minimum Gasteiger partial charge on any atom is -0.335 e. The van der Waals surface area contributed by atoms with Crippen molar-refractivity contribution in [2.75, 3.05) is 33.2 Å². The third-order valence-electron chi connectivity index (χ3n) is 2.52. The Hall–Kier alpha value is -1.10. The lowest BCUT2D eigenvalue weighted by Gasteiger charge is -2.33. The smallest absolute Gasteiger partial charge is 0.242 e. The van der Waals surface area contributed by atoms with Crippen molar-refractivity contribution in [2.45, 2.75) is 19.9 Å². The molecule has 0 saturated carbocycles. The van der Waals surface area contributed by atoms with Crippen LogP contribution in [-0.4, -0.2) is 60.9 Å². The highest BCUT2D eigenvalue weighted by molar-refractivity contribution is 5.92. The summed E-state index contributed by atoms with van der Waals surface area (Å²) in [5, 5.41) is 3.22. The van der Waals surface area contributed by atoms with Crippen LogP contribution in [0.15, 0.2) is 0 Å². The number of amides is 2. The van der Waals surface area contributed by atoms with Crippen LogP contribution in [0.4, 0.5) is 0 Å². The number of nitrogens with zero attached hydrogens (tertiary/aromatic N) is 2. The zero-order valence-corrected chi connectivity index (χ0v) is 9.62. The van der Waals surface area contributed by atoms with Gasteiger partial charge in [0.1, 0.15) is 0 Å². The molecule has 5 heteroatoms. The molecular weight excluding hydrogens is 194 g/mol. The maximum atomic E-state index is 11.6. The molecule has 1 atom stereocenters. The first-order chi connectivity index (χ1) is 7.04. The van der Waals surface area contributed by atoms with E-state index in [-0.39, 0.29) is 30.9 Å². The van der Waals surface area contributed by atoms with Gasteiger partial charge >= 0.3 is 0 Å². The van der Waals surface area contributed by atoms with Crippen LogP contribution >= 0.6 is 0 Å². The molecule has 0 spiro atoms. The Labute approximate surface area is 90.4 Å². The lowest BCUT2D eigenvalue weighted by Crippen LogP contribution is -2.55. The van der Waals surface area contributed by atoms with Crippen LogP contribution in [-0.2, 0) is 9.59 Å². The summed E-state index contributed by atoms with van der Waals surface area (Å²) in [7, 11) is 1.66. The van der Waals surface area contributed by atoms with Crippen molar-refractivity contribution in [3.8, 4) is 0 Å². The molecule has 1 fully saturated rings. The molecule has 1 N–H and O–H groups in total. The van der Waals surface area contributed by atoms with Crippen molar-refractivity contribution in [1.82, 2.24) is 15.1 Å². The molecule has 1 aliphatic rings. The van der Waals surface area contributed by atoms with Gasteiger partial charge in [-0.25, -0.2) is 0 Å². The number of piperazine rings is 1. The van der Waals surface area contributed by atoms with E-state index in [1.807, 2.05) is 13.8 Å². The zero-order chi connectivity index (χ0) is 11.4. The highest BCUT2D eigenvalue weighted by Crippen LogP contribution is 2.03. The van der Waals surface area contributed by atoms with Gasteiger partial charge in [0.2, 0.25) is 11.8 Å². The van der Waals surface area contributed by atoms with E-state index >= 15 is 0 Å². The number of carbonyl (C=O) groups excluding carboxylic acids is 2. The molecule has 1 heterocycles. The minimum absolute atomic E-state index is 0.0123.